The molecule has 0 radical (unpaired) electrons. The van der Waals surface area contributed by atoms with Crippen molar-refractivity contribution in [1.29, 1.82) is 0 Å². The van der Waals surface area contributed by atoms with Gasteiger partial charge in [-0.05, 0) is 13.1 Å². The van der Waals surface area contributed by atoms with Gasteiger partial charge in [0.25, 0.3) is 5.91 Å². The topological polar surface area (TPSA) is 48.6 Å². The zero-order chi connectivity index (χ0) is 11.8. The Morgan fingerprint density at radius 2 is 2.41 bits per heavy atom. The highest BCUT2D eigenvalue weighted by Gasteiger charge is 2.40. The van der Waals surface area contributed by atoms with Gasteiger partial charge in [0.05, 0.1) is 24.3 Å². The molecule has 92 valence electrons. The molecule has 3 heterocycles. The van der Waals surface area contributed by atoms with E-state index in [1.54, 1.807) is 12.4 Å². The second kappa shape index (κ2) is 4.16. The number of H-pyrrole nitrogens is 1. The standard InChI is InChI=1S/C12H17N3O2/c1-14-4-5-17-11-8-15(7-10(11)14)12(16)9-2-3-13-6-9/h2-3,6,10-11,13H,4-5,7-8H2,1H3/t10-,11+/m1/s1. The molecular weight excluding hydrogens is 218 g/mol. The third kappa shape index (κ3) is 1.85. The molecule has 1 aromatic rings. The van der Waals surface area contributed by atoms with Gasteiger partial charge in [-0.15, -0.1) is 0 Å². The first-order chi connectivity index (χ1) is 8.25. The van der Waals surface area contributed by atoms with Crippen LogP contribution in [0.25, 0.3) is 0 Å². The van der Waals surface area contributed by atoms with Crippen LogP contribution < -0.4 is 0 Å². The van der Waals surface area contributed by atoms with Gasteiger partial charge < -0.3 is 14.6 Å². The Balaban J connectivity index is 1.73. The van der Waals surface area contributed by atoms with Gasteiger partial charge in [-0.3, -0.25) is 9.69 Å². The minimum Gasteiger partial charge on any atom is -0.373 e. The number of rotatable bonds is 1. The van der Waals surface area contributed by atoms with Crippen molar-refractivity contribution in [2.24, 2.45) is 0 Å². The average molecular weight is 235 g/mol. The number of carbonyl (C=O) groups excluding carboxylic acids is 1. The number of ether oxygens (including phenoxy) is 1. The Morgan fingerprint density at radius 3 is 3.12 bits per heavy atom. The molecule has 17 heavy (non-hydrogen) atoms. The number of aromatic nitrogens is 1. The monoisotopic (exact) mass is 235 g/mol. The Hall–Kier alpha value is -1.33. The summed E-state index contributed by atoms with van der Waals surface area (Å²) in [5.74, 6) is 0.0950. The molecule has 1 N–H and O–H groups in total. The van der Waals surface area contributed by atoms with Crippen LogP contribution in [0.15, 0.2) is 18.5 Å². The summed E-state index contributed by atoms with van der Waals surface area (Å²) in [6.45, 7) is 3.20. The molecule has 5 nitrogen and oxygen atoms in total. The fourth-order valence-electron chi connectivity index (χ4n) is 2.66. The number of amides is 1. The van der Waals surface area contributed by atoms with Crippen molar-refractivity contribution in [3.05, 3.63) is 24.0 Å². The highest BCUT2D eigenvalue weighted by molar-refractivity contribution is 5.94. The maximum Gasteiger partial charge on any atom is 0.255 e. The van der Waals surface area contributed by atoms with E-state index in [1.165, 1.54) is 0 Å². The number of morpholine rings is 1. The van der Waals surface area contributed by atoms with Crippen molar-refractivity contribution in [2.45, 2.75) is 12.1 Å². The Labute approximate surface area is 100 Å². The smallest absolute Gasteiger partial charge is 0.255 e. The third-order valence-corrected chi connectivity index (χ3v) is 3.71. The summed E-state index contributed by atoms with van der Waals surface area (Å²) in [5.41, 5.74) is 0.728. The lowest BCUT2D eigenvalue weighted by molar-refractivity contribution is -0.0368. The van der Waals surface area contributed by atoms with Crippen LogP contribution >= 0.6 is 0 Å². The summed E-state index contributed by atoms with van der Waals surface area (Å²) >= 11 is 0. The van der Waals surface area contributed by atoms with E-state index in [9.17, 15) is 4.79 Å². The second-order valence-electron chi connectivity index (χ2n) is 4.77. The van der Waals surface area contributed by atoms with Crippen LogP contribution in [0, 0.1) is 0 Å². The summed E-state index contributed by atoms with van der Waals surface area (Å²) in [7, 11) is 2.10. The molecule has 0 saturated carbocycles. The van der Waals surface area contributed by atoms with Crippen molar-refractivity contribution in [3.8, 4) is 0 Å². The molecule has 1 aromatic heterocycles. The molecule has 2 saturated heterocycles. The molecule has 1 amide bonds. The number of fused-ring (bicyclic) bond motifs is 1. The van der Waals surface area contributed by atoms with Crippen LogP contribution in [0.5, 0.6) is 0 Å². The van der Waals surface area contributed by atoms with Crippen LogP contribution in [-0.2, 0) is 4.74 Å². The zero-order valence-electron chi connectivity index (χ0n) is 9.93. The van der Waals surface area contributed by atoms with Gasteiger partial charge in [0, 0.05) is 32.0 Å². The number of likely N-dealkylation sites (tertiary alicyclic amines) is 1. The lowest BCUT2D eigenvalue weighted by Crippen LogP contribution is -2.48. The number of likely N-dealkylation sites (N-methyl/N-ethyl adjacent to an activating group) is 1. The first-order valence-corrected chi connectivity index (χ1v) is 5.99. The Kier molecular flexibility index (Phi) is 2.64. The van der Waals surface area contributed by atoms with Crippen LogP contribution in [0.4, 0.5) is 0 Å². The molecule has 2 aliphatic heterocycles. The lowest BCUT2D eigenvalue weighted by Gasteiger charge is -2.33. The highest BCUT2D eigenvalue weighted by Crippen LogP contribution is 2.22. The van der Waals surface area contributed by atoms with E-state index in [0.29, 0.717) is 12.6 Å². The molecule has 5 heteroatoms. The number of hydrogen-bond donors (Lipinski definition) is 1. The lowest BCUT2D eigenvalue weighted by atomic mass is 10.1. The number of aromatic amines is 1. The summed E-state index contributed by atoms with van der Waals surface area (Å²) in [4.78, 5) is 19.3. The van der Waals surface area contributed by atoms with Crippen LogP contribution in [0.3, 0.4) is 0 Å². The molecule has 3 rings (SSSR count). The molecule has 0 spiro atoms. The maximum absolute atomic E-state index is 12.2. The van der Waals surface area contributed by atoms with E-state index in [1.807, 2.05) is 11.0 Å². The molecule has 0 aromatic carbocycles. The minimum atomic E-state index is 0.0950. The molecule has 0 unspecified atom stereocenters. The third-order valence-electron chi connectivity index (χ3n) is 3.71. The summed E-state index contributed by atoms with van der Waals surface area (Å²) in [6.07, 6.45) is 3.70. The van der Waals surface area contributed by atoms with Crippen molar-refractivity contribution < 1.29 is 9.53 Å². The van der Waals surface area contributed by atoms with E-state index >= 15 is 0 Å². The van der Waals surface area contributed by atoms with E-state index in [-0.39, 0.29) is 12.0 Å². The molecular formula is C12H17N3O2. The van der Waals surface area contributed by atoms with Gasteiger partial charge in [0.15, 0.2) is 0 Å². The molecule has 0 aliphatic carbocycles. The van der Waals surface area contributed by atoms with Crippen LogP contribution in [0.2, 0.25) is 0 Å². The normalized spacial score (nSPS) is 29.4. The van der Waals surface area contributed by atoms with Crippen LogP contribution in [-0.4, -0.2) is 66.1 Å². The summed E-state index contributed by atoms with van der Waals surface area (Å²) < 4.78 is 5.73. The van der Waals surface area contributed by atoms with E-state index in [4.69, 9.17) is 4.74 Å². The fourth-order valence-corrected chi connectivity index (χ4v) is 2.66. The maximum atomic E-state index is 12.2. The first kappa shape index (κ1) is 10.8. The molecule has 0 bridgehead atoms. The van der Waals surface area contributed by atoms with Gasteiger partial charge in [-0.2, -0.15) is 0 Å². The predicted octanol–water partition coefficient (Wildman–Crippen LogP) is 0.170. The molecule has 2 fully saturated rings. The molecule has 2 atom stereocenters. The van der Waals surface area contributed by atoms with Gasteiger partial charge in [-0.25, -0.2) is 0 Å². The number of nitrogens with one attached hydrogen (secondary N) is 1. The predicted molar refractivity (Wildman–Crippen MR) is 62.9 cm³/mol. The average Bonchev–Trinajstić information content (AvgIpc) is 2.98. The minimum absolute atomic E-state index is 0.0950. The second-order valence-corrected chi connectivity index (χ2v) is 4.77. The van der Waals surface area contributed by atoms with Gasteiger partial charge in [-0.1, -0.05) is 0 Å². The SMILES string of the molecule is CN1CCO[C@H]2CN(C(=O)c3cc[nH]c3)C[C@H]21. The number of carbonyl (C=O) groups is 1. The van der Waals surface area contributed by atoms with Crippen molar-refractivity contribution >= 4 is 5.91 Å². The van der Waals surface area contributed by atoms with E-state index in [0.717, 1.165) is 25.3 Å². The first-order valence-electron chi connectivity index (χ1n) is 5.99. The van der Waals surface area contributed by atoms with Gasteiger partial charge >= 0.3 is 0 Å². The van der Waals surface area contributed by atoms with Gasteiger partial charge in [0.1, 0.15) is 0 Å². The summed E-state index contributed by atoms with van der Waals surface area (Å²) in [5, 5.41) is 0. The van der Waals surface area contributed by atoms with Crippen molar-refractivity contribution in [3.63, 3.8) is 0 Å². The number of nitrogens with zero attached hydrogens (tertiary/aromatic N) is 2. The zero-order valence-corrected chi connectivity index (χ0v) is 9.93. The van der Waals surface area contributed by atoms with Crippen LogP contribution in [0.1, 0.15) is 10.4 Å². The Bertz CT molecular complexity index is 404. The van der Waals surface area contributed by atoms with Crippen molar-refractivity contribution in [1.82, 2.24) is 14.8 Å². The highest BCUT2D eigenvalue weighted by atomic mass is 16.5. The largest absolute Gasteiger partial charge is 0.373 e. The summed E-state index contributed by atoms with van der Waals surface area (Å²) in [6, 6.07) is 2.17. The quantitative estimate of drug-likeness (QED) is 0.755. The fraction of sp³-hybridized carbons (Fsp3) is 0.583. The van der Waals surface area contributed by atoms with E-state index < -0.39 is 0 Å². The Morgan fingerprint density at radius 1 is 1.53 bits per heavy atom. The van der Waals surface area contributed by atoms with Gasteiger partial charge in [0.2, 0.25) is 0 Å². The molecule has 2 aliphatic rings. The van der Waals surface area contributed by atoms with E-state index in [2.05, 4.69) is 16.9 Å². The number of hydrogen-bond acceptors (Lipinski definition) is 3. The van der Waals surface area contributed by atoms with Crippen molar-refractivity contribution in [2.75, 3.05) is 33.3 Å².